The van der Waals surface area contributed by atoms with Gasteiger partial charge in [-0.2, -0.15) is 0 Å². The molecule has 0 aliphatic heterocycles. The zero-order valence-corrected chi connectivity index (χ0v) is 6.00. The molecule has 1 aromatic rings. The Labute approximate surface area is 61.5 Å². The SMILES string of the molecule is BCc1ccc(C=O)cc1. The zero-order chi connectivity index (χ0) is 7.40. The summed E-state index contributed by atoms with van der Waals surface area (Å²) in [6.07, 6.45) is 1.89. The van der Waals surface area contributed by atoms with E-state index in [-0.39, 0.29) is 0 Å². The summed E-state index contributed by atoms with van der Waals surface area (Å²) in [6.45, 7) is 0. The molecule has 0 amide bonds. The van der Waals surface area contributed by atoms with Crippen LogP contribution in [0.4, 0.5) is 0 Å². The Bertz CT molecular complexity index is 215. The maximum absolute atomic E-state index is 10.2. The molecule has 0 saturated carbocycles. The second kappa shape index (κ2) is 3.21. The molecule has 0 bridgehead atoms. The van der Waals surface area contributed by atoms with Crippen molar-refractivity contribution in [2.24, 2.45) is 0 Å². The molecule has 0 radical (unpaired) electrons. The summed E-state index contributed by atoms with van der Waals surface area (Å²) < 4.78 is 0. The lowest BCUT2D eigenvalue weighted by Crippen LogP contribution is -1.84. The van der Waals surface area contributed by atoms with Crippen molar-refractivity contribution >= 4 is 14.1 Å². The van der Waals surface area contributed by atoms with E-state index in [4.69, 9.17) is 0 Å². The molecule has 0 saturated heterocycles. The number of aldehydes is 1. The van der Waals surface area contributed by atoms with Crippen molar-refractivity contribution in [2.75, 3.05) is 0 Å². The van der Waals surface area contributed by atoms with Gasteiger partial charge in [0, 0.05) is 5.56 Å². The van der Waals surface area contributed by atoms with E-state index < -0.39 is 0 Å². The first-order chi connectivity index (χ1) is 4.86. The molecule has 2 heteroatoms. The van der Waals surface area contributed by atoms with Gasteiger partial charge >= 0.3 is 0 Å². The van der Waals surface area contributed by atoms with Crippen LogP contribution in [0.5, 0.6) is 0 Å². The summed E-state index contributed by atoms with van der Waals surface area (Å²) in [6, 6.07) is 7.63. The van der Waals surface area contributed by atoms with Crippen LogP contribution in [0.3, 0.4) is 0 Å². The molecule has 0 unspecified atom stereocenters. The fourth-order valence-corrected chi connectivity index (χ4v) is 0.832. The van der Waals surface area contributed by atoms with Gasteiger partial charge in [-0.3, -0.25) is 4.79 Å². The van der Waals surface area contributed by atoms with Crippen LogP contribution >= 0.6 is 0 Å². The number of carbonyl (C=O) groups is 1. The van der Waals surface area contributed by atoms with E-state index in [1.165, 1.54) is 5.56 Å². The average molecular weight is 132 g/mol. The van der Waals surface area contributed by atoms with Gasteiger partial charge in [-0.25, -0.2) is 0 Å². The fraction of sp³-hybridized carbons (Fsp3) is 0.125. The molecule has 1 rings (SSSR count). The van der Waals surface area contributed by atoms with E-state index in [1.807, 2.05) is 24.3 Å². The Balaban J connectivity index is 2.90. The highest BCUT2D eigenvalue weighted by atomic mass is 16.1. The van der Waals surface area contributed by atoms with Crippen LogP contribution in [0.15, 0.2) is 24.3 Å². The standard InChI is InChI=1S/C8H9BO/c9-5-7-1-3-8(6-10)4-2-7/h1-4,6H,5,9H2. The summed E-state index contributed by atoms with van der Waals surface area (Å²) in [5.41, 5.74) is 2.02. The highest BCUT2D eigenvalue weighted by Crippen LogP contribution is 2.00. The minimum absolute atomic E-state index is 0.747. The van der Waals surface area contributed by atoms with E-state index in [0.29, 0.717) is 0 Å². The molecule has 0 atom stereocenters. The lowest BCUT2D eigenvalue weighted by molar-refractivity contribution is 0.112. The van der Waals surface area contributed by atoms with E-state index >= 15 is 0 Å². The largest absolute Gasteiger partial charge is 0.298 e. The van der Waals surface area contributed by atoms with E-state index in [1.54, 1.807) is 0 Å². The molecule has 0 aliphatic carbocycles. The molecule has 1 aromatic carbocycles. The van der Waals surface area contributed by atoms with Crippen LogP contribution < -0.4 is 0 Å². The smallest absolute Gasteiger partial charge is 0.150 e. The fourth-order valence-electron chi connectivity index (χ4n) is 0.832. The quantitative estimate of drug-likeness (QED) is 0.426. The van der Waals surface area contributed by atoms with Crippen LogP contribution in [0.2, 0.25) is 0 Å². The molecular formula is C8H9BO. The molecule has 10 heavy (non-hydrogen) atoms. The third-order valence-electron chi connectivity index (χ3n) is 1.52. The summed E-state index contributed by atoms with van der Waals surface area (Å²) in [5.74, 6) is 0. The van der Waals surface area contributed by atoms with Gasteiger partial charge in [-0.05, 0) is 0 Å². The van der Waals surface area contributed by atoms with Gasteiger partial charge in [0.1, 0.15) is 14.1 Å². The van der Waals surface area contributed by atoms with Crippen molar-refractivity contribution < 1.29 is 4.79 Å². The topological polar surface area (TPSA) is 17.1 Å². The summed E-state index contributed by atoms with van der Waals surface area (Å²) >= 11 is 0. The Hall–Kier alpha value is -1.05. The minimum atomic E-state index is 0.747. The van der Waals surface area contributed by atoms with Crippen molar-refractivity contribution in [3.8, 4) is 0 Å². The number of rotatable bonds is 2. The van der Waals surface area contributed by atoms with E-state index in [2.05, 4.69) is 7.85 Å². The summed E-state index contributed by atoms with van der Waals surface area (Å²) in [5, 5.41) is 0. The van der Waals surface area contributed by atoms with Crippen LogP contribution in [0, 0.1) is 0 Å². The molecule has 0 spiro atoms. The normalized spacial score (nSPS) is 9.20. The first-order valence-electron chi connectivity index (χ1n) is 3.41. The molecule has 0 aliphatic rings. The monoisotopic (exact) mass is 132 g/mol. The third kappa shape index (κ3) is 1.47. The Morgan fingerprint density at radius 1 is 1.30 bits per heavy atom. The predicted octanol–water partition coefficient (Wildman–Crippen LogP) is 0.632. The molecule has 0 heterocycles. The molecule has 1 nitrogen and oxygen atoms in total. The predicted molar refractivity (Wildman–Crippen MR) is 44.1 cm³/mol. The number of hydrogen-bond donors (Lipinski definition) is 0. The van der Waals surface area contributed by atoms with Crippen LogP contribution in [-0.4, -0.2) is 14.1 Å². The van der Waals surface area contributed by atoms with Crippen molar-refractivity contribution in [3.05, 3.63) is 35.4 Å². The van der Waals surface area contributed by atoms with Crippen molar-refractivity contribution in [2.45, 2.75) is 6.32 Å². The van der Waals surface area contributed by atoms with Crippen molar-refractivity contribution in [3.63, 3.8) is 0 Å². The Morgan fingerprint density at radius 3 is 2.30 bits per heavy atom. The van der Waals surface area contributed by atoms with Gasteiger partial charge in [0.25, 0.3) is 0 Å². The summed E-state index contributed by atoms with van der Waals surface area (Å²) in [7, 11) is 2.09. The third-order valence-corrected chi connectivity index (χ3v) is 1.52. The van der Waals surface area contributed by atoms with Gasteiger partial charge in [0.05, 0.1) is 0 Å². The van der Waals surface area contributed by atoms with Gasteiger partial charge in [-0.1, -0.05) is 36.1 Å². The zero-order valence-electron chi connectivity index (χ0n) is 6.00. The second-order valence-electron chi connectivity index (χ2n) is 2.21. The Morgan fingerprint density at radius 2 is 1.90 bits per heavy atom. The maximum Gasteiger partial charge on any atom is 0.150 e. The molecule has 50 valence electrons. The van der Waals surface area contributed by atoms with E-state index in [0.717, 1.165) is 18.2 Å². The number of hydrogen-bond acceptors (Lipinski definition) is 1. The first kappa shape index (κ1) is 7.07. The van der Waals surface area contributed by atoms with Crippen molar-refractivity contribution in [1.29, 1.82) is 0 Å². The number of carbonyl (C=O) groups excluding carboxylic acids is 1. The maximum atomic E-state index is 10.2. The lowest BCUT2D eigenvalue weighted by atomic mass is 9.96. The second-order valence-corrected chi connectivity index (χ2v) is 2.21. The Kier molecular flexibility index (Phi) is 2.27. The minimum Gasteiger partial charge on any atom is -0.298 e. The first-order valence-corrected chi connectivity index (χ1v) is 3.41. The number of benzene rings is 1. The van der Waals surface area contributed by atoms with Gasteiger partial charge < -0.3 is 0 Å². The van der Waals surface area contributed by atoms with E-state index in [9.17, 15) is 4.79 Å². The van der Waals surface area contributed by atoms with Crippen LogP contribution in [-0.2, 0) is 6.32 Å². The average Bonchev–Trinajstić information content (AvgIpc) is 2.05. The van der Waals surface area contributed by atoms with Crippen molar-refractivity contribution in [1.82, 2.24) is 0 Å². The molecular weight excluding hydrogens is 123 g/mol. The molecule has 0 fully saturated rings. The molecule has 0 N–H and O–H groups in total. The van der Waals surface area contributed by atoms with Crippen LogP contribution in [0.25, 0.3) is 0 Å². The van der Waals surface area contributed by atoms with Gasteiger partial charge in [0.2, 0.25) is 0 Å². The lowest BCUT2D eigenvalue weighted by Gasteiger charge is -1.93. The highest BCUT2D eigenvalue weighted by Gasteiger charge is 1.88. The van der Waals surface area contributed by atoms with Gasteiger partial charge in [-0.15, -0.1) is 0 Å². The van der Waals surface area contributed by atoms with Crippen LogP contribution in [0.1, 0.15) is 15.9 Å². The van der Waals surface area contributed by atoms with Gasteiger partial charge in [0.15, 0.2) is 0 Å². The highest BCUT2D eigenvalue weighted by molar-refractivity contribution is 6.08. The molecule has 0 aromatic heterocycles. The summed E-state index contributed by atoms with van der Waals surface area (Å²) in [4.78, 5) is 10.2.